The third kappa shape index (κ3) is 3.83. The van der Waals surface area contributed by atoms with Crippen molar-refractivity contribution in [2.24, 2.45) is 0 Å². The van der Waals surface area contributed by atoms with Gasteiger partial charge in [0.15, 0.2) is 11.4 Å². The lowest BCUT2D eigenvalue weighted by Crippen LogP contribution is -2.25. The second kappa shape index (κ2) is 7.88. The summed E-state index contributed by atoms with van der Waals surface area (Å²) in [5.41, 5.74) is 2.88. The van der Waals surface area contributed by atoms with E-state index in [9.17, 15) is 4.79 Å². The highest BCUT2D eigenvalue weighted by atomic mass is 35.5. The fourth-order valence-corrected chi connectivity index (χ4v) is 2.78. The number of hydrogen-bond donors (Lipinski definition) is 3. The number of nitrogens with zero attached hydrogens (tertiary/aromatic N) is 1. The molecule has 0 saturated carbocycles. The standard InChI is InChI=1S/C16H19ClN4O2.ClH/c1-9(2)23-15-11(17)4-3-5-13(15)19-16(22)14-10-8-18-7-6-12(10)20-21-14;/h3-5,9,18H,6-8H2,1-2H3,(H,19,22)(H,20,21);1H. The van der Waals surface area contributed by atoms with Crippen molar-refractivity contribution in [3.8, 4) is 5.75 Å². The van der Waals surface area contributed by atoms with Crippen LogP contribution in [-0.4, -0.2) is 28.8 Å². The molecular weight excluding hydrogens is 351 g/mol. The molecule has 2 aromatic rings. The number of H-pyrrole nitrogens is 1. The number of anilines is 1. The molecule has 1 aliphatic rings. The van der Waals surface area contributed by atoms with Crippen molar-refractivity contribution in [1.82, 2.24) is 15.5 Å². The number of para-hydroxylation sites is 1. The molecule has 24 heavy (non-hydrogen) atoms. The Labute approximate surface area is 151 Å². The summed E-state index contributed by atoms with van der Waals surface area (Å²) in [6.45, 7) is 5.34. The quantitative estimate of drug-likeness (QED) is 0.772. The van der Waals surface area contributed by atoms with Gasteiger partial charge in [0, 0.05) is 30.8 Å². The molecule has 130 valence electrons. The van der Waals surface area contributed by atoms with E-state index in [1.54, 1.807) is 18.2 Å². The lowest BCUT2D eigenvalue weighted by molar-refractivity contribution is 0.102. The average molecular weight is 371 g/mol. The van der Waals surface area contributed by atoms with E-state index in [1.807, 2.05) is 13.8 Å². The molecule has 0 unspecified atom stereocenters. The summed E-state index contributed by atoms with van der Waals surface area (Å²) >= 11 is 6.19. The fraction of sp³-hybridized carbons (Fsp3) is 0.375. The summed E-state index contributed by atoms with van der Waals surface area (Å²) in [6.07, 6.45) is 0.794. The second-order valence-corrected chi connectivity index (χ2v) is 6.10. The van der Waals surface area contributed by atoms with Crippen LogP contribution in [0, 0.1) is 0 Å². The third-order valence-corrected chi connectivity index (χ3v) is 3.89. The van der Waals surface area contributed by atoms with Crippen LogP contribution in [0.3, 0.4) is 0 Å². The summed E-state index contributed by atoms with van der Waals surface area (Å²) < 4.78 is 5.72. The van der Waals surface area contributed by atoms with Gasteiger partial charge in [0.05, 0.1) is 16.8 Å². The van der Waals surface area contributed by atoms with Crippen LogP contribution in [0.15, 0.2) is 18.2 Å². The number of benzene rings is 1. The molecule has 2 heterocycles. The molecule has 0 bridgehead atoms. The molecule has 0 aliphatic carbocycles. The fourth-order valence-electron chi connectivity index (χ4n) is 2.56. The van der Waals surface area contributed by atoms with E-state index in [0.717, 1.165) is 24.2 Å². The highest BCUT2D eigenvalue weighted by Gasteiger charge is 2.22. The highest BCUT2D eigenvalue weighted by Crippen LogP contribution is 2.34. The van der Waals surface area contributed by atoms with E-state index in [1.165, 1.54) is 0 Å². The maximum atomic E-state index is 12.6. The minimum absolute atomic E-state index is 0. The minimum atomic E-state index is -0.276. The van der Waals surface area contributed by atoms with Gasteiger partial charge < -0.3 is 15.4 Å². The molecule has 1 aromatic heterocycles. The zero-order valence-corrected chi connectivity index (χ0v) is 15.1. The zero-order valence-electron chi connectivity index (χ0n) is 13.5. The van der Waals surface area contributed by atoms with Crippen molar-refractivity contribution in [2.75, 3.05) is 11.9 Å². The SMILES string of the molecule is CC(C)Oc1c(Cl)cccc1NC(=O)c1n[nH]c2c1CNCC2.Cl. The van der Waals surface area contributed by atoms with Gasteiger partial charge >= 0.3 is 0 Å². The summed E-state index contributed by atoms with van der Waals surface area (Å²) in [5.74, 6) is 0.196. The summed E-state index contributed by atoms with van der Waals surface area (Å²) in [4.78, 5) is 12.6. The van der Waals surface area contributed by atoms with E-state index < -0.39 is 0 Å². The van der Waals surface area contributed by atoms with Crippen molar-refractivity contribution < 1.29 is 9.53 Å². The van der Waals surface area contributed by atoms with Gasteiger partial charge in [-0.1, -0.05) is 17.7 Å². The largest absolute Gasteiger partial charge is 0.487 e. The number of halogens is 2. The maximum Gasteiger partial charge on any atom is 0.276 e. The van der Waals surface area contributed by atoms with Crippen LogP contribution in [0.2, 0.25) is 5.02 Å². The van der Waals surface area contributed by atoms with Gasteiger partial charge in [0.1, 0.15) is 0 Å². The van der Waals surface area contributed by atoms with Crippen LogP contribution in [0.1, 0.15) is 35.6 Å². The molecule has 1 amide bonds. The number of carbonyl (C=O) groups is 1. The Kier molecular flexibility index (Phi) is 6.10. The first-order valence-corrected chi connectivity index (χ1v) is 7.97. The van der Waals surface area contributed by atoms with Crippen molar-refractivity contribution in [1.29, 1.82) is 0 Å². The number of amides is 1. The minimum Gasteiger partial charge on any atom is -0.487 e. The summed E-state index contributed by atoms with van der Waals surface area (Å²) in [6, 6.07) is 5.26. The van der Waals surface area contributed by atoms with Crippen LogP contribution in [0.25, 0.3) is 0 Å². The smallest absolute Gasteiger partial charge is 0.276 e. The lowest BCUT2D eigenvalue weighted by atomic mass is 10.1. The number of aromatic nitrogens is 2. The Morgan fingerprint density at radius 2 is 2.21 bits per heavy atom. The van der Waals surface area contributed by atoms with Crippen LogP contribution in [-0.2, 0) is 13.0 Å². The molecule has 3 N–H and O–H groups in total. The number of fused-ring (bicyclic) bond motifs is 1. The Morgan fingerprint density at radius 1 is 1.42 bits per heavy atom. The average Bonchev–Trinajstić information content (AvgIpc) is 2.94. The van der Waals surface area contributed by atoms with Gasteiger partial charge in [-0.2, -0.15) is 5.10 Å². The molecule has 0 spiro atoms. The van der Waals surface area contributed by atoms with Gasteiger partial charge in [-0.15, -0.1) is 12.4 Å². The Morgan fingerprint density at radius 3 is 2.96 bits per heavy atom. The predicted octanol–water partition coefficient (Wildman–Crippen LogP) is 3.17. The Bertz CT molecular complexity index is 731. The van der Waals surface area contributed by atoms with E-state index in [4.69, 9.17) is 16.3 Å². The van der Waals surface area contributed by atoms with Gasteiger partial charge in [-0.3, -0.25) is 9.89 Å². The predicted molar refractivity (Wildman–Crippen MR) is 96.4 cm³/mol. The highest BCUT2D eigenvalue weighted by molar-refractivity contribution is 6.32. The molecule has 0 atom stereocenters. The molecule has 6 nitrogen and oxygen atoms in total. The molecule has 3 rings (SSSR count). The van der Waals surface area contributed by atoms with Gasteiger partial charge in [-0.25, -0.2) is 0 Å². The number of nitrogens with one attached hydrogen (secondary N) is 3. The maximum absolute atomic E-state index is 12.6. The van der Waals surface area contributed by atoms with E-state index in [0.29, 0.717) is 28.7 Å². The first-order valence-electron chi connectivity index (χ1n) is 7.59. The summed E-state index contributed by atoms with van der Waals surface area (Å²) in [5, 5.41) is 13.7. The van der Waals surface area contributed by atoms with Crippen molar-refractivity contribution >= 4 is 35.6 Å². The topological polar surface area (TPSA) is 79.0 Å². The number of carbonyl (C=O) groups excluding carboxylic acids is 1. The number of aromatic amines is 1. The van der Waals surface area contributed by atoms with E-state index >= 15 is 0 Å². The summed E-state index contributed by atoms with van der Waals surface area (Å²) in [7, 11) is 0. The normalized spacial score (nSPS) is 13.2. The van der Waals surface area contributed by atoms with E-state index in [2.05, 4.69) is 20.8 Å². The number of ether oxygens (including phenoxy) is 1. The first-order chi connectivity index (χ1) is 11.1. The van der Waals surface area contributed by atoms with Gasteiger partial charge in [0.2, 0.25) is 0 Å². The van der Waals surface area contributed by atoms with Crippen molar-refractivity contribution in [3.05, 3.63) is 40.2 Å². The van der Waals surface area contributed by atoms with E-state index in [-0.39, 0.29) is 24.4 Å². The molecule has 0 radical (unpaired) electrons. The number of rotatable bonds is 4. The third-order valence-electron chi connectivity index (χ3n) is 3.59. The second-order valence-electron chi connectivity index (χ2n) is 5.69. The molecule has 1 aliphatic heterocycles. The zero-order chi connectivity index (χ0) is 16.4. The first kappa shape index (κ1) is 18.6. The molecule has 0 saturated heterocycles. The Balaban J connectivity index is 0.00000208. The van der Waals surface area contributed by atoms with Crippen LogP contribution in [0.5, 0.6) is 5.75 Å². The van der Waals surface area contributed by atoms with Crippen LogP contribution >= 0.6 is 24.0 Å². The lowest BCUT2D eigenvalue weighted by Gasteiger charge is -2.16. The molecule has 1 aromatic carbocycles. The Hall–Kier alpha value is -1.76. The monoisotopic (exact) mass is 370 g/mol. The van der Waals surface area contributed by atoms with Gasteiger partial charge in [-0.05, 0) is 26.0 Å². The number of hydrogen-bond acceptors (Lipinski definition) is 4. The molecular formula is C16H20Cl2N4O2. The molecule has 8 heteroatoms. The van der Waals surface area contributed by atoms with Gasteiger partial charge in [0.25, 0.3) is 5.91 Å². The molecule has 0 fully saturated rings. The van der Waals surface area contributed by atoms with Crippen LogP contribution < -0.4 is 15.4 Å². The van der Waals surface area contributed by atoms with Crippen molar-refractivity contribution in [3.63, 3.8) is 0 Å². The van der Waals surface area contributed by atoms with Crippen molar-refractivity contribution in [2.45, 2.75) is 32.9 Å². The van der Waals surface area contributed by atoms with Crippen LogP contribution in [0.4, 0.5) is 5.69 Å².